The monoisotopic (exact) mass is 418 g/mol. The molecule has 1 aliphatic heterocycles. The van der Waals surface area contributed by atoms with Gasteiger partial charge in [0.05, 0.1) is 10.9 Å². The fourth-order valence-corrected chi connectivity index (χ4v) is 4.71. The SMILES string of the molecule is CCN(CC)S(=O)(=O)c1cccc(C(=O)N[C@H](C)c2ccc3c(c2)OCCO3)c1. The number of amides is 1. The molecule has 0 radical (unpaired) electrons. The van der Waals surface area contributed by atoms with Crippen LogP contribution in [0.5, 0.6) is 11.5 Å². The van der Waals surface area contributed by atoms with Gasteiger partial charge in [0, 0.05) is 18.7 Å². The van der Waals surface area contributed by atoms with E-state index in [1.807, 2.05) is 25.1 Å². The molecule has 2 aromatic rings. The average molecular weight is 419 g/mol. The normalized spacial score (nSPS) is 14.5. The third-order valence-electron chi connectivity index (χ3n) is 4.85. The van der Waals surface area contributed by atoms with Gasteiger partial charge in [-0.2, -0.15) is 4.31 Å². The Morgan fingerprint density at radius 2 is 1.76 bits per heavy atom. The summed E-state index contributed by atoms with van der Waals surface area (Å²) in [7, 11) is -3.63. The highest BCUT2D eigenvalue weighted by Gasteiger charge is 2.23. The number of hydrogen-bond donors (Lipinski definition) is 1. The summed E-state index contributed by atoms with van der Waals surface area (Å²) in [5.41, 5.74) is 1.16. The third kappa shape index (κ3) is 4.54. The van der Waals surface area contributed by atoms with Gasteiger partial charge in [-0.1, -0.05) is 26.0 Å². The van der Waals surface area contributed by atoms with Crippen molar-refractivity contribution >= 4 is 15.9 Å². The predicted octanol–water partition coefficient (Wildman–Crippen LogP) is 2.98. The van der Waals surface area contributed by atoms with Crippen LogP contribution in [0.3, 0.4) is 0 Å². The molecule has 0 unspecified atom stereocenters. The van der Waals surface area contributed by atoms with E-state index in [4.69, 9.17) is 9.47 Å². The standard InChI is InChI=1S/C21H26N2O5S/c1-4-23(5-2)29(25,26)18-8-6-7-17(13-18)21(24)22-15(3)16-9-10-19-20(14-16)28-12-11-27-19/h6-10,13-15H,4-5,11-12H2,1-3H3,(H,22,24)/t15-/m1/s1. The van der Waals surface area contributed by atoms with Gasteiger partial charge in [-0.3, -0.25) is 4.79 Å². The van der Waals surface area contributed by atoms with Gasteiger partial charge in [0.2, 0.25) is 10.0 Å². The van der Waals surface area contributed by atoms with Crippen LogP contribution < -0.4 is 14.8 Å². The molecular formula is C21H26N2O5S. The summed E-state index contributed by atoms with van der Waals surface area (Å²) >= 11 is 0. The van der Waals surface area contributed by atoms with Crippen LogP contribution in [0.25, 0.3) is 0 Å². The van der Waals surface area contributed by atoms with Crippen molar-refractivity contribution in [2.75, 3.05) is 26.3 Å². The van der Waals surface area contributed by atoms with Crippen molar-refractivity contribution in [3.05, 3.63) is 53.6 Å². The molecule has 3 rings (SSSR count). The van der Waals surface area contributed by atoms with Crippen molar-refractivity contribution < 1.29 is 22.7 Å². The molecule has 1 N–H and O–H groups in total. The maximum absolute atomic E-state index is 12.7. The molecule has 0 saturated carbocycles. The van der Waals surface area contributed by atoms with Crippen molar-refractivity contribution in [3.8, 4) is 11.5 Å². The summed E-state index contributed by atoms with van der Waals surface area (Å²) in [6, 6.07) is 11.4. The number of benzene rings is 2. The number of fused-ring (bicyclic) bond motifs is 1. The molecule has 0 saturated heterocycles. The summed E-state index contributed by atoms with van der Waals surface area (Å²) in [6.07, 6.45) is 0. The second kappa shape index (κ2) is 8.84. The molecule has 29 heavy (non-hydrogen) atoms. The first-order valence-electron chi connectivity index (χ1n) is 9.67. The van der Waals surface area contributed by atoms with Crippen LogP contribution in [-0.4, -0.2) is 44.9 Å². The molecule has 0 aromatic heterocycles. The highest BCUT2D eigenvalue weighted by Crippen LogP contribution is 2.32. The Morgan fingerprint density at radius 1 is 1.07 bits per heavy atom. The fraction of sp³-hybridized carbons (Fsp3) is 0.381. The molecule has 2 aromatic carbocycles. The van der Waals surface area contributed by atoms with E-state index in [-0.39, 0.29) is 16.8 Å². The Labute approximate surface area is 171 Å². The topological polar surface area (TPSA) is 84.9 Å². The smallest absolute Gasteiger partial charge is 0.251 e. The second-order valence-corrected chi connectivity index (χ2v) is 8.65. The largest absolute Gasteiger partial charge is 0.486 e. The number of sulfonamides is 1. The van der Waals surface area contributed by atoms with Crippen molar-refractivity contribution in [1.29, 1.82) is 0 Å². The van der Waals surface area contributed by atoms with E-state index in [9.17, 15) is 13.2 Å². The van der Waals surface area contributed by atoms with Gasteiger partial charge in [-0.15, -0.1) is 0 Å². The van der Waals surface area contributed by atoms with Crippen LogP contribution in [0.1, 0.15) is 42.7 Å². The molecule has 1 amide bonds. The number of nitrogens with zero attached hydrogens (tertiary/aromatic N) is 1. The van der Waals surface area contributed by atoms with Crippen LogP contribution in [0.15, 0.2) is 47.4 Å². The van der Waals surface area contributed by atoms with Crippen LogP contribution >= 0.6 is 0 Å². The first kappa shape index (κ1) is 21.1. The summed E-state index contributed by atoms with van der Waals surface area (Å²) in [5.74, 6) is 0.999. The van der Waals surface area contributed by atoms with Crippen LogP contribution in [0, 0.1) is 0 Å². The molecular weight excluding hydrogens is 392 g/mol. The highest BCUT2D eigenvalue weighted by molar-refractivity contribution is 7.89. The zero-order chi connectivity index (χ0) is 21.0. The number of carbonyl (C=O) groups is 1. The number of nitrogens with one attached hydrogen (secondary N) is 1. The molecule has 0 fully saturated rings. The Kier molecular flexibility index (Phi) is 6.44. The summed E-state index contributed by atoms with van der Waals surface area (Å²) in [4.78, 5) is 12.8. The van der Waals surface area contributed by atoms with E-state index in [1.165, 1.54) is 16.4 Å². The lowest BCUT2D eigenvalue weighted by molar-refractivity contribution is 0.0939. The first-order chi connectivity index (χ1) is 13.9. The van der Waals surface area contributed by atoms with Gasteiger partial charge < -0.3 is 14.8 Å². The van der Waals surface area contributed by atoms with E-state index in [0.717, 1.165) is 5.56 Å². The van der Waals surface area contributed by atoms with E-state index in [0.29, 0.717) is 43.4 Å². The minimum atomic E-state index is -3.63. The molecule has 0 aliphatic carbocycles. The summed E-state index contributed by atoms with van der Waals surface area (Å²) in [5, 5.41) is 2.91. The van der Waals surface area contributed by atoms with Crippen molar-refractivity contribution in [2.45, 2.75) is 31.7 Å². The lowest BCUT2D eigenvalue weighted by atomic mass is 10.1. The maximum atomic E-state index is 12.7. The van der Waals surface area contributed by atoms with Crippen molar-refractivity contribution in [2.24, 2.45) is 0 Å². The molecule has 7 nitrogen and oxygen atoms in total. The number of rotatable bonds is 7. The molecule has 0 bridgehead atoms. The molecule has 8 heteroatoms. The van der Waals surface area contributed by atoms with Gasteiger partial charge in [0.25, 0.3) is 5.91 Å². The second-order valence-electron chi connectivity index (χ2n) is 6.72. The van der Waals surface area contributed by atoms with Gasteiger partial charge in [-0.25, -0.2) is 8.42 Å². The van der Waals surface area contributed by atoms with Crippen LogP contribution in [0.2, 0.25) is 0 Å². The molecule has 1 aliphatic rings. The molecule has 1 atom stereocenters. The number of carbonyl (C=O) groups excluding carboxylic acids is 1. The minimum absolute atomic E-state index is 0.112. The van der Waals surface area contributed by atoms with Crippen LogP contribution in [-0.2, 0) is 10.0 Å². The Morgan fingerprint density at radius 3 is 2.45 bits per heavy atom. The maximum Gasteiger partial charge on any atom is 0.251 e. The summed E-state index contributed by atoms with van der Waals surface area (Å²) < 4.78 is 37.9. The lowest BCUT2D eigenvalue weighted by Gasteiger charge is -2.21. The Hall–Kier alpha value is -2.58. The lowest BCUT2D eigenvalue weighted by Crippen LogP contribution is -2.31. The van der Waals surface area contributed by atoms with Crippen molar-refractivity contribution in [1.82, 2.24) is 9.62 Å². The fourth-order valence-electron chi connectivity index (χ4n) is 3.20. The van der Waals surface area contributed by atoms with E-state index < -0.39 is 10.0 Å². The predicted molar refractivity (Wildman–Crippen MR) is 110 cm³/mol. The quantitative estimate of drug-likeness (QED) is 0.747. The van der Waals surface area contributed by atoms with Crippen LogP contribution in [0.4, 0.5) is 0 Å². The van der Waals surface area contributed by atoms with E-state index >= 15 is 0 Å². The molecule has 0 spiro atoms. The summed E-state index contributed by atoms with van der Waals surface area (Å²) in [6.45, 7) is 7.18. The first-order valence-corrected chi connectivity index (χ1v) is 11.1. The van der Waals surface area contributed by atoms with E-state index in [2.05, 4.69) is 5.32 Å². The van der Waals surface area contributed by atoms with Gasteiger partial charge in [-0.05, 0) is 42.8 Å². The van der Waals surface area contributed by atoms with Crippen molar-refractivity contribution in [3.63, 3.8) is 0 Å². The Bertz CT molecular complexity index is 986. The Balaban J connectivity index is 1.77. The number of hydrogen-bond acceptors (Lipinski definition) is 5. The van der Waals surface area contributed by atoms with Gasteiger partial charge >= 0.3 is 0 Å². The average Bonchev–Trinajstić information content (AvgIpc) is 2.74. The molecule has 156 valence electrons. The number of ether oxygens (including phenoxy) is 2. The van der Waals surface area contributed by atoms with E-state index in [1.54, 1.807) is 26.0 Å². The van der Waals surface area contributed by atoms with Gasteiger partial charge in [0.1, 0.15) is 13.2 Å². The molecule has 1 heterocycles. The zero-order valence-corrected chi connectivity index (χ0v) is 17.7. The highest BCUT2D eigenvalue weighted by atomic mass is 32.2. The third-order valence-corrected chi connectivity index (χ3v) is 6.90. The minimum Gasteiger partial charge on any atom is -0.486 e. The van der Waals surface area contributed by atoms with Gasteiger partial charge in [0.15, 0.2) is 11.5 Å². The zero-order valence-electron chi connectivity index (χ0n) is 16.8.